The Labute approximate surface area is 142 Å². The van der Waals surface area contributed by atoms with Crippen molar-refractivity contribution in [2.75, 3.05) is 39.4 Å². The van der Waals surface area contributed by atoms with Gasteiger partial charge in [0.2, 0.25) is 0 Å². The highest BCUT2D eigenvalue weighted by atomic mass is 16.5. The van der Waals surface area contributed by atoms with Crippen LogP contribution in [-0.2, 0) is 11.2 Å². The first-order valence-electron chi connectivity index (χ1n) is 8.70. The summed E-state index contributed by atoms with van der Waals surface area (Å²) >= 11 is 0. The number of carbonyl (C=O) groups excluding carboxylic acids is 2. The SMILES string of the molecule is Cc1c(C(=O)NCCN2CCOCC2)[nH]c2c1C(=O)CC(C)(C)C2. The van der Waals surface area contributed by atoms with E-state index in [1.165, 1.54) is 0 Å². The van der Waals surface area contributed by atoms with Crippen molar-refractivity contribution in [1.82, 2.24) is 15.2 Å². The summed E-state index contributed by atoms with van der Waals surface area (Å²) in [5.41, 5.74) is 2.91. The first kappa shape index (κ1) is 17.2. The molecular weight excluding hydrogens is 306 g/mol. The highest BCUT2D eigenvalue weighted by Crippen LogP contribution is 2.36. The van der Waals surface area contributed by atoms with Crippen molar-refractivity contribution in [3.63, 3.8) is 0 Å². The summed E-state index contributed by atoms with van der Waals surface area (Å²) in [6, 6.07) is 0. The Balaban J connectivity index is 1.64. The van der Waals surface area contributed by atoms with Crippen molar-refractivity contribution in [2.45, 2.75) is 33.6 Å². The van der Waals surface area contributed by atoms with Crippen LogP contribution < -0.4 is 5.32 Å². The number of nitrogens with one attached hydrogen (secondary N) is 2. The molecule has 0 radical (unpaired) electrons. The zero-order valence-corrected chi connectivity index (χ0v) is 14.8. The van der Waals surface area contributed by atoms with Crippen LogP contribution in [0.25, 0.3) is 0 Å². The van der Waals surface area contributed by atoms with Gasteiger partial charge in [0.15, 0.2) is 5.78 Å². The Morgan fingerprint density at radius 2 is 2.00 bits per heavy atom. The van der Waals surface area contributed by atoms with Crippen LogP contribution in [0.1, 0.15) is 52.4 Å². The molecule has 0 saturated carbocycles. The third kappa shape index (κ3) is 3.54. The van der Waals surface area contributed by atoms with Gasteiger partial charge in [0.25, 0.3) is 5.91 Å². The Bertz CT molecular complexity index is 642. The number of rotatable bonds is 4. The lowest BCUT2D eigenvalue weighted by molar-refractivity contribution is 0.0383. The van der Waals surface area contributed by atoms with Crippen LogP contribution in [0.15, 0.2) is 0 Å². The van der Waals surface area contributed by atoms with E-state index in [9.17, 15) is 9.59 Å². The number of fused-ring (bicyclic) bond motifs is 1. The van der Waals surface area contributed by atoms with Gasteiger partial charge in [-0.2, -0.15) is 0 Å². The van der Waals surface area contributed by atoms with Crippen molar-refractivity contribution in [1.29, 1.82) is 0 Å². The van der Waals surface area contributed by atoms with Crippen molar-refractivity contribution in [3.8, 4) is 0 Å². The lowest BCUT2D eigenvalue weighted by Gasteiger charge is -2.28. The van der Waals surface area contributed by atoms with E-state index in [1.54, 1.807) is 0 Å². The maximum Gasteiger partial charge on any atom is 0.268 e. The molecule has 1 amide bonds. The number of hydrogen-bond acceptors (Lipinski definition) is 4. The van der Waals surface area contributed by atoms with Gasteiger partial charge in [0.05, 0.1) is 13.2 Å². The van der Waals surface area contributed by atoms with Gasteiger partial charge in [-0.1, -0.05) is 13.8 Å². The first-order valence-corrected chi connectivity index (χ1v) is 8.70. The minimum absolute atomic E-state index is 0.0501. The van der Waals surface area contributed by atoms with Gasteiger partial charge in [-0.3, -0.25) is 14.5 Å². The fourth-order valence-corrected chi connectivity index (χ4v) is 3.70. The van der Waals surface area contributed by atoms with E-state index in [1.807, 2.05) is 6.92 Å². The Kier molecular flexibility index (Phi) is 4.78. The van der Waals surface area contributed by atoms with Gasteiger partial charge in [-0.25, -0.2) is 0 Å². The number of Topliss-reactive ketones (excluding diaryl/α,β-unsaturated/α-hetero) is 1. The number of morpholine rings is 1. The van der Waals surface area contributed by atoms with E-state index in [4.69, 9.17) is 4.74 Å². The summed E-state index contributed by atoms with van der Waals surface area (Å²) in [5, 5.41) is 2.97. The topological polar surface area (TPSA) is 74.4 Å². The summed E-state index contributed by atoms with van der Waals surface area (Å²) < 4.78 is 5.32. The molecule has 132 valence electrons. The summed E-state index contributed by atoms with van der Waals surface area (Å²) in [6.07, 6.45) is 1.34. The molecule has 24 heavy (non-hydrogen) atoms. The third-order valence-corrected chi connectivity index (χ3v) is 4.95. The largest absolute Gasteiger partial charge is 0.379 e. The van der Waals surface area contributed by atoms with Crippen molar-refractivity contribution in [3.05, 3.63) is 22.5 Å². The summed E-state index contributed by atoms with van der Waals surface area (Å²) in [5.74, 6) is 0.0168. The molecule has 1 saturated heterocycles. The van der Waals surface area contributed by atoms with Gasteiger partial charge in [0, 0.05) is 43.9 Å². The summed E-state index contributed by atoms with van der Waals surface area (Å²) in [7, 11) is 0. The maximum absolute atomic E-state index is 12.5. The first-order chi connectivity index (χ1) is 11.4. The van der Waals surface area contributed by atoms with Crippen molar-refractivity contribution >= 4 is 11.7 Å². The van der Waals surface area contributed by atoms with Gasteiger partial charge in [-0.15, -0.1) is 0 Å². The van der Waals surface area contributed by atoms with Crippen LogP contribution in [0.3, 0.4) is 0 Å². The molecule has 0 bridgehead atoms. The molecule has 1 aliphatic carbocycles. The zero-order chi connectivity index (χ0) is 17.3. The van der Waals surface area contributed by atoms with Crippen molar-refractivity contribution < 1.29 is 14.3 Å². The number of ether oxygens (including phenoxy) is 1. The van der Waals surface area contributed by atoms with Crippen LogP contribution >= 0.6 is 0 Å². The number of H-pyrrole nitrogens is 1. The molecule has 0 atom stereocenters. The predicted octanol–water partition coefficient (Wildman–Crippen LogP) is 1.54. The standard InChI is InChI=1S/C18H27N3O3/c1-12-15-13(10-18(2,3)11-14(15)22)20-16(12)17(23)19-4-5-21-6-8-24-9-7-21/h20H,4-11H2,1-3H3,(H,19,23). The molecule has 3 rings (SSSR count). The number of nitrogens with zero attached hydrogens (tertiary/aromatic N) is 1. The fraction of sp³-hybridized carbons (Fsp3) is 0.667. The highest BCUT2D eigenvalue weighted by Gasteiger charge is 2.35. The normalized spacial score (nSPS) is 20.7. The molecule has 6 heteroatoms. The molecule has 0 unspecified atom stereocenters. The lowest BCUT2D eigenvalue weighted by Crippen LogP contribution is -2.41. The molecule has 1 aromatic heterocycles. The van der Waals surface area contributed by atoms with Crippen LogP contribution in [0.2, 0.25) is 0 Å². The summed E-state index contributed by atoms with van der Waals surface area (Å²) in [6.45, 7) is 10.8. The van der Waals surface area contributed by atoms with E-state index >= 15 is 0 Å². The van der Waals surface area contributed by atoms with E-state index < -0.39 is 0 Å². The zero-order valence-electron chi connectivity index (χ0n) is 14.8. The molecule has 2 heterocycles. The number of aromatic nitrogens is 1. The van der Waals surface area contributed by atoms with Crippen LogP contribution in [0.5, 0.6) is 0 Å². The second-order valence-corrected chi connectivity index (χ2v) is 7.63. The lowest BCUT2D eigenvalue weighted by atomic mass is 9.75. The maximum atomic E-state index is 12.5. The highest BCUT2D eigenvalue weighted by molar-refractivity contribution is 6.04. The Morgan fingerprint density at radius 3 is 2.71 bits per heavy atom. The quantitative estimate of drug-likeness (QED) is 0.876. The van der Waals surface area contributed by atoms with E-state index in [-0.39, 0.29) is 17.1 Å². The Morgan fingerprint density at radius 1 is 1.29 bits per heavy atom. The van der Waals surface area contributed by atoms with E-state index in [0.29, 0.717) is 18.7 Å². The smallest absolute Gasteiger partial charge is 0.268 e. The fourth-order valence-electron chi connectivity index (χ4n) is 3.70. The summed E-state index contributed by atoms with van der Waals surface area (Å²) in [4.78, 5) is 30.4. The third-order valence-electron chi connectivity index (χ3n) is 4.95. The molecule has 1 aromatic rings. The second-order valence-electron chi connectivity index (χ2n) is 7.63. The Hall–Kier alpha value is -1.66. The minimum atomic E-state index is -0.124. The molecule has 0 spiro atoms. The van der Waals surface area contributed by atoms with Crippen molar-refractivity contribution in [2.24, 2.45) is 5.41 Å². The van der Waals surface area contributed by atoms with Crippen LogP contribution in [0, 0.1) is 12.3 Å². The minimum Gasteiger partial charge on any atom is -0.379 e. The number of ketones is 1. The molecule has 0 aromatic carbocycles. The monoisotopic (exact) mass is 333 g/mol. The van der Waals surface area contributed by atoms with E-state index in [2.05, 4.69) is 29.0 Å². The number of aromatic amines is 1. The molecular formula is C18H27N3O3. The van der Waals surface area contributed by atoms with Gasteiger partial charge < -0.3 is 15.0 Å². The molecule has 2 aliphatic rings. The number of amides is 1. The van der Waals surface area contributed by atoms with Crippen LogP contribution in [-0.4, -0.2) is 61.0 Å². The predicted molar refractivity (Wildman–Crippen MR) is 91.6 cm³/mol. The average Bonchev–Trinajstić information content (AvgIpc) is 2.83. The van der Waals surface area contributed by atoms with E-state index in [0.717, 1.165) is 56.1 Å². The molecule has 2 N–H and O–H groups in total. The average molecular weight is 333 g/mol. The number of hydrogen-bond donors (Lipinski definition) is 2. The molecule has 1 fully saturated rings. The second kappa shape index (κ2) is 6.69. The van der Waals surface area contributed by atoms with Gasteiger partial charge in [0.1, 0.15) is 5.69 Å². The number of carbonyl (C=O) groups is 2. The molecule has 1 aliphatic heterocycles. The van der Waals surface area contributed by atoms with Gasteiger partial charge >= 0.3 is 0 Å². The van der Waals surface area contributed by atoms with Crippen LogP contribution in [0.4, 0.5) is 0 Å². The van der Waals surface area contributed by atoms with Gasteiger partial charge in [-0.05, 0) is 24.3 Å². The molecule has 6 nitrogen and oxygen atoms in total.